The SMILES string of the molecule is COCCNS(=O)(=O)N1CCC(C)C(O)C1. The van der Waals surface area contributed by atoms with Crippen LogP contribution in [-0.2, 0) is 14.9 Å². The Morgan fingerprint density at radius 1 is 1.56 bits per heavy atom. The average molecular weight is 252 g/mol. The Labute approximate surface area is 96.8 Å². The number of nitrogens with one attached hydrogen (secondary N) is 1. The van der Waals surface area contributed by atoms with Gasteiger partial charge in [0.25, 0.3) is 10.2 Å². The quantitative estimate of drug-likeness (QED) is 0.626. The van der Waals surface area contributed by atoms with E-state index >= 15 is 0 Å². The number of hydrogen-bond acceptors (Lipinski definition) is 4. The van der Waals surface area contributed by atoms with Gasteiger partial charge in [-0.3, -0.25) is 0 Å². The molecular formula is C9H20N2O4S. The van der Waals surface area contributed by atoms with Gasteiger partial charge in [-0.15, -0.1) is 0 Å². The van der Waals surface area contributed by atoms with Crippen molar-refractivity contribution in [2.75, 3.05) is 33.4 Å². The first-order valence-corrected chi connectivity index (χ1v) is 6.83. The Hall–Kier alpha value is -0.210. The molecule has 0 aromatic carbocycles. The highest BCUT2D eigenvalue weighted by Gasteiger charge is 2.31. The first kappa shape index (κ1) is 13.9. The van der Waals surface area contributed by atoms with Crippen LogP contribution in [0.1, 0.15) is 13.3 Å². The molecule has 0 aromatic heterocycles. The van der Waals surface area contributed by atoms with E-state index < -0.39 is 16.3 Å². The largest absolute Gasteiger partial charge is 0.391 e. The fourth-order valence-electron chi connectivity index (χ4n) is 1.60. The van der Waals surface area contributed by atoms with Gasteiger partial charge in [-0.2, -0.15) is 17.4 Å². The molecule has 96 valence electrons. The van der Waals surface area contributed by atoms with E-state index in [0.717, 1.165) is 0 Å². The number of aliphatic hydroxyl groups excluding tert-OH is 1. The van der Waals surface area contributed by atoms with Crippen LogP contribution in [0.3, 0.4) is 0 Å². The fraction of sp³-hybridized carbons (Fsp3) is 1.00. The Morgan fingerprint density at radius 2 is 2.25 bits per heavy atom. The van der Waals surface area contributed by atoms with Crippen LogP contribution in [0.15, 0.2) is 0 Å². The molecule has 1 aliphatic rings. The van der Waals surface area contributed by atoms with Crippen molar-refractivity contribution in [1.29, 1.82) is 0 Å². The number of piperidine rings is 1. The zero-order valence-corrected chi connectivity index (χ0v) is 10.5. The second kappa shape index (κ2) is 5.92. The van der Waals surface area contributed by atoms with Gasteiger partial charge in [0.15, 0.2) is 0 Å². The molecule has 0 aromatic rings. The molecule has 1 fully saturated rings. The third-order valence-electron chi connectivity index (χ3n) is 2.81. The normalized spacial score (nSPS) is 28.2. The van der Waals surface area contributed by atoms with E-state index in [0.29, 0.717) is 19.6 Å². The van der Waals surface area contributed by atoms with Gasteiger partial charge in [0.1, 0.15) is 0 Å². The number of rotatable bonds is 5. The summed E-state index contributed by atoms with van der Waals surface area (Å²) in [6.45, 7) is 3.14. The molecule has 16 heavy (non-hydrogen) atoms. The lowest BCUT2D eigenvalue weighted by Crippen LogP contribution is -2.50. The van der Waals surface area contributed by atoms with Crippen molar-refractivity contribution in [3.8, 4) is 0 Å². The highest BCUT2D eigenvalue weighted by atomic mass is 32.2. The van der Waals surface area contributed by atoms with E-state index in [1.165, 1.54) is 11.4 Å². The number of hydrogen-bond donors (Lipinski definition) is 2. The maximum atomic E-state index is 11.8. The fourth-order valence-corrected chi connectivity index (χ4v) is 2.82. The molecule has 6 nitrogen and oxygen atoms in total. The predicted octanol–water partition coefficient (Wildman–Crippen LogP) is -0.830. The van der Waals surface area contributed by atoms with Crippen LogP contribution >= 0.6 is 0 Å². The Balaban J connectivity index is 2.49. The minimum atomic E-state index is -3.47. The molecule has 1 aliphatic heterocycles. The smallest absolute Gasteiger partial charge is 0.279 e. The van der Waals surface area contributed by atoms with E-state index in [1.54, 1.807) is 0 Å². The average Bonchev–Trinajstić information content (AvgIpc) is 2.22. The van der Waals surface area contributed by atoms with Gasteiger partial charge in [0, 0.05) is 26.7 Å². The molecule has 0 spiro atoms. The molecule has 0 radical (unpaired) electrons. The standard InChI is InChI=1S/C9H20N2O4S/c1-8-3-5-11(7-9(8)12)16(13,14)10-4-6-15-2/h8-10,12H,3-7H2,1-2H3. The number of nitrogens with zero attached hydrogens (tertiary/aromatic N) is 1. The van der Waals surface area contributed by atoms with E-state index in [-0.39, 0.29) is 19.0 Å². The summed E-state index contributed by atoms with van der Waals surface area (Å²) < 4.78 is 32.0. The Bertz CT molecular complexity index is 307. The third kappa shape index (κ3) is 3.67. The summed E-state index contributed by atoms with van der Waals surface area (Å²) in [5.74, 6) is 0.158. The lowest BCUT2D eigenvalue weighted by Gasteiger charge is -2.33. The first-order chi connectivity index (χ1) is 7.47. The van der Waals surface area contributed by atoms with Gasteiger partial charge in [-0.25, -0.2) is 0 Å². The van der Waals surface area contributed by atoms with Crippen LogP contribution in [0.25, 0.3) is 0 Å². The number of ether oxygens (including phenoxy) is 1. The van der Waals surface area contributed by atoms with Crippen LogP contribution in [0.4, 0.5) is 0 Å². The second-order valence-corrected chi connectivity index (χ2v) is 5.84. The van der Waals surface area contributed by atoms with Gasteiger partial charge >= 0.3 is 0 Å². The van der Waals surface area contributed by atoms with Gasteiger partial charge in [-0.05, 0) is 12.3 Å². The zero-order chi connectivity index (χ0) is 12.2. The van der Waals surface area contributed by atoms with Crippen molar-refractivity contribution in [2.24, 2.45) is 5.92 Å². The van der Waals surface area contributed by atoms with Crippen molar-refractivity contribution in [3.63, 3.8) is 0 Å². The summed E-state index contributed by atoms with van der Waals surface area (Å²) in [5, 5.41) is 9.62. The molecular weight excluding hydrogens is 232 g/mol. The summed E-state index contributed by atoms with van der Waals surface area (Å²) in [7, 11) is -1.95. The highest BCUT2D eigenvalue weighted by molar-refractivity contribution is 7.87. The molecule has 2 unspecified atom stereocenters. The third-order valence-corrected chi connectivity index (χ3v) is 4.39. The zero-order valence-electron chi connectivity index (χ0n) is 9.72. The van der Waals surface area contributed by atoms with E-state index in [2.05, 4.69) is 4.72 Å². The van der Waals surface area contributed by atoms with E-state index in [4.69, 9.17) is 4.74 Å². The van der Waals surface area contributed by atoms with Gasteiger partial charge < -0.3 is 9.84 Å². The molecule has 7 heteroatoms. The summed E-state index contributed by atoms with van der Waals surface area (Å²) in [4.78, 5) is 0. The summed E-state index contributed by atoms with van der Waals surface area (Å²) in [6.07, 6.45) is 0.111. The molecule has 0 bridgehead atoms. The summed E-state index contributed by atoms with van der Waals surface area (Å²) in [6, 6.07) is 0. The predicted molar refractivity (Wildman–Crippen MR) is 60.2 cm³/mol. The molecule has 0 amide bonds. The molecule has 1 heterocycles. The lowest BCUT2D eigenvalue weighted by atomic mass is 9.98. The monoisotopic (exact) mass is 252 g/mol. The van der Waals surface area contributed by atoms with Crippen LogP contribution in [-0.4, -0.2) is 57.3 Å². The second-order valence-electron chi connectivity index (χ2n) is 4.08. The Morgan fingerprint density at radius 3 is 2.81 bits per heavy atom. The molecule has 0 saturated carbocycles. The molecule has 2 N–H and O–H groups in total. The number of aliphatic hydroxyl groups is 1. The molecule has 0 aliphatic carbocycles. The molecule has 2 atom stereocenters. The van der Waals surface area contributed by atoms with Crippen molar-refractivity contribution >= 4 is 10.2 Å². The van der Waals surface area contributed by atoms with Crippen molar-refractivity contribution in [2.45, 2.75) is 19.4 Å². The number of methoxy groups -OCH3 is 1. The summed E-state index contributed by atoms with van der Waals surface area (Å²) in [5.41, 5.74) is 0. The van der Waals surface area contributed by atoms with E-state index in [9.17, 15) is 13.5 Å². The van der Waals surface area contributed by atoms with Crippen LogP contribution in [0.5, 0.6) is 0 Å². The van der Waals surface area contributed by atoms with Crippen molar-refractivity contribution in [3.05, 3.63) is 0 Å². The van der Waals surface area contributed by atoms with Gasteiger partial charge in [0.2, 0.25) is 0 Å². The Kier molecular flexibility index (Phi) is 5.13. The van der Waals surface area contributed by atoms with Gasteiger partial charge in [-0.1, -0.05) is 6.92 Å². The van der Waals surface area contributed by atoms with E-state index in [1.807, 2.05) is 6.92 Å². The highest BCUT2D eigenvalue weighted by Crippen LogP contribution is 2.18. The van der Waals surface area contributed by atoms with Gasteiger partial charge in [0.05, 0.1) is 12.7 Å². The van der Waals surface area contributed by atoms with Crippen LogP contribution < -0.4 is 4.72 Å². The lowest BCUT2D eigenvalue weighted by molar-refractivity contribution is 0.0599. The topological polar surface area (TPSA) is 78.9 Å². The number of β-amino-alcohol motifs (C(OH)–C–C–N with tert-alkyl or cyclic N) is 1. The summed E-state index contributed by atoms with van der Waals surface area (Å²) >= 11 is 0. The van der Waals surface area contributed by atoms with Crippen LogP contribution in [0, 0.1) is 5.92 Å². The minimum absolute atomic E-state index is 0.158. The minimum Gasteiger partial charge on any atom is -0.391 e. The maximum absolute atomic E-state index is 11.8. The molecule has 1 rings (SSSR count). The van der Waals surface area contributed by atoms with Crippen LogP contribution in [0.2, 0.25) is 0 Å². The molecule has 1 saturated heterocycles. The maximum Gasteiger partial charge on any atom is 0.279 e. The van der Waals surface area contributed by atoms with Crippen molar-refractivity contribution < 1.29 is 18.3 Å². The van der Waals surface area contributed by atoms with Crippen molar-refractivity contribution in [1.82, 2.24) is 9.03 Å². The first-order valence-electron chi connectivity index (χ1n) is 5.39.